The van der Waals surface area contributed by atoms with Crippen LogP contribution >= 0.6 is 0 Å². The minimum absolute atomic E-state index is 0.131. The molecule has 0 saturated heterocycles. The van der Waals surface area contributed by atoms with Crippen LogP contribution in [0.2, 0.25) is 0 Å². The van der Waals surface area contributed by atoms with E-state index >= 15 is 0 Å². The van der Waals surface area contributed by atoms with E-state index in [1.807, 2.05) is 6.92 Å². The molecule has 1 aromatic rings. The largest absolute Gasteiger partial charge is 0.307 e. The van der Waals surface area contributed by atoms with Gasteiger partial charge in [0, 0.05) is 17.6 Å². The van der Waals surface area contributed by atoms with E-state index in [0.717, 1.165) is 24.8 Å². The summed E-state index contributed by atoms with van der Waals surface area (Å²) in [5.74, 6) is -0.745. The van der Waals surface area contributed by atoms with Crippen LogP contribution in [0.5, 0.6) is 0 Å². The van der Waals surface area contributed by atoms with Crippen LogP contribution in [-0.4, -0.2) is 6.04 Å². The Hall–Kier alpha value is -0.960. The maximum absolute atomic E-state index is 13.5. The third-order valence-corrected chi connectivity index (χ3v) is 3.31. The molecule has 88 valence electrons. The Kier molecular flexibility index (Phi) is 3.24. The predicted octanol–water partition coefficient (Wildman–Crippen LogP) is 3.41. The third-order valence-electron chi connectivity index (χ3n) is 3.31. The van der Waals surface area contributed by atoms with Crippen molar-refractivity contribution in [1.82, 2.24) is 5.32 Å². The van der Waals surface area contributed by atoms with Gasteiger partial charge in [-0.1, -0.05) is 19.1 Å². The molecule has 1 aromatic carbocycles. The zero-order valence-corrected chi connectivity index (χ0v) is 9.63. The van der Waals surface area contributed by atoms with Gasteiger partial charge in [-0.3, -0.25) is 0 Å². The summed E-state index contributed by atoms with van der Waals surface area (Å²) in [5.41, 5.74) is 0.416. The fourth-order valence-corrected chi connectivity index (χ4v) is 2.34. The molecule has 0 bridgehead atoms. The summed E-state index contributed by atoms with van der Waals surface area (Å²) in [4.78, 5) is 0. The van der Waals surface area contributed by atoms with Crippen LogP contribution in [0.1, 0.15) is 38.3 Å². The molecule has 3 heteroatoms. The van der Waals surface area contributed by atoms with E-state index in [0.29, 0.717) is 11.6 Å². The number of nitrogens with one attached hydrogen (secondary N) is 1. The highest BCUT2D eigenvalue weighted by molar-refractivity contribution is 5.22. The highest BCUT2D eigenvalue weighted by atomic mass is 19.2. The first kappa shape index (κ1) is 11.5. The summed E-state index contributed by atoms with van der Waals surface area (Å²) in [6, 6.07) is 4.66. The fraction of sp³-hybridized carbons (Fsp3) is 0.538. The van der Waals surface area contributed by atoms with E-state index in [9.17, 15) is 8.78 Å². The summed E-state index contributed by atoms with van der Waals surface area (Å²) in [7, 11) is 0. The first-order chi connectivity index (χ1) is 7.58. The smallest absolute Gasteiger partial charge is 0.163 e. The van der Waals surface area contributed by atoms with E-state index in [2.05, 4.69) is 12.2 Å². The van der Waals surface area contributed by atoms with Gasteiger partial charge in [0.25, 0.3) is 0 Å². The van der Waals surface area contributed by atoms with Crippen molar-refractivity contribution in [2.75, 3.05) is 0 Å². The second kappa shape index (κ2) is 4.50. The summed E-state index contributed by atoms with van der Waals surface area (Å²) < 4.78 is 26.5. The van der Waals surface area contributed by atoms with Crippen molar-refractivity contribution < 1.29 is 8.78 Å². The number of benzene rings is 1. The Morgan fingerprint density at radius 2 is 2.00 bits per heavy atom. The second-order valence-corrected chi connectivity index (χ2v) is 4.80. The molecule has 0 aromatic heterocycles. The molecule has 1 unspecified atom stereocenters. The van der Waals surface area contributed by atoms with Crippen LogP contribution in [0, 0.1) is 17.6 Å². The zero-order valence-electron chi connectivity index (χ0n) is 9.63. The molecule has 0 amide bonds. The SMILES string of the molecule is CC1CC(NC(C)c2cccc(F)c2F)C1. The average molecular weight is 225 g/mol. The molecule has 1 aliphatic rings. The predicted molar refractivity (Wildman–Crippen MR) is 60.1 cm³/mol. The van der Waals surface area contributed by atoms with Crippen molar-refractivity contribution in [2.24, 2.45) is 5.92 Å². The molecule has 1 N–H and O–H groups in total. The van der Waals surface area contributed by atoms with Gasteiger partial charge in [0.1, 0.15) is 0 Å². The summed E-state index contributed by atoms with van der Waals surface area (Å²) in [6.07, 6.45) is 2.25. The van der Waals surface area contributed by atoms with E-state index < -0.39 is 11.6 Å². The molecule has 0 heterocycles. The quantitative estimate of drug-likeness (QED) is 0.831. The lowest BCUT2D eigenvalue weighted by Crippen LogP contribution is -2.41. The van der Waals surface area contributed by atoms with E-state index in [-0.39, 0.29) is 6.04 Å². The van der Waals surface area contributed by atoms with Gasteiger partial charge in [-0.05, 0) is 31.7 Å². The van der Waals surface area contributed by atoms with Crippen molar-refractivity contribution in [3.8, 4) is 0 Å². The van der Waals surface area contributed by atoms with Gasteiger partial charge in [0.15, 0.2) is 11.6 Å². The highest BCUT2D eigenvalue weighted by Crippen LogP contribution is 2.29. The third kappa shape index (κ3) is 2.24. The average Bonchev–Trinajstić information content (AvgIpc) is 2.19. The summed E-state index contributed by atoms with van der Waals surface area (Å²) >= 11 is 0. The molecule has 0 aliphatic heterocycles. The molecule has 0 radical (unpaired) electrons. The van der Waals surface area contributed by atoms with Gasteiger partial charge in [-0.15, -0.1) is 0 Å². The normalized spacial score (nSPS) is 26.2. The number of hydrogen-bond donors (Lipinski definition) is 1. The molecule has 1 fully saturated rings. The van der Waals surface area contributed by atoms with Crippen molar-refractivity contribution in [2.45, 2.75) is 38.8 Å². The number of rotatable bonds is 3. The lowest BCUT2D eigenvalue weighted by Gasteiger charge is -2.35. The summed E-state index contributed by atoms with van der Waals surface area (Å²) in [5, 5.41) is 3.32. The zero-order chi connectivity index (χ0) is 11.7. The van der Waals surface area contributed by atoms with Crippen LogP contribution in [0.15, 0.2) is 18.2 Å². The maximum atomic E-state index is 13.5. The minimum atomic E-state index is -0.770. The van der Waals surface area contributed by atoms with Gasteiger partial charge in [-0.25, -0.2) is 8.78 Å². The first-order valence-electron chi connectivity index (χ1n) is 5.78. The van der Waals surface area contributed by atoms with Crippen molar-refractivity contribution in [1.29, 1.82) is 0 Å². The Balaban J connectivity index is 2.03. The Bertz CT molecular complexity index is 372. The first-order valence-corrected chi connectivity index (χ1v) is 5.78. The number of hydrogen-bond acceptors (Lipinski definition) is 1. The minimum Gasteiger partial charge on any atom is -0.307 e. The summed E-state index contributed by atoms with van der Waals surface area (Å²) in [6.45, 7) is 4.08. The van der Waals surface area contributed by atoms with Crippen LogP contribution in [0.4, 0.5) is 8.78 Å². The molecular formula is C13H17F2N. The van der Waals surface area contributed by atoms with Crippen molar-refractivity contribution in [3.05, 3.63) is 35.4 Å². The molecule has 16 heavy (non-hydrogen) atoms. The van der Waals surface area contributed by atoms with E-state index in [1.54, 1.807) is 12.1 Å². The van der Waals surface area contributed by atoms with Gasteiger partial charge in [0.05, 0.1) is 0 Å². The molecule has 1 nitrogen and oxygen atoms in total. The van der Waals surface area contributed by atoms with Crippen LogP contribution < -0.4 is 5.32 Å². The Labute approximate surface area is 94.9 Å². The van der Waals surface area contributed by atoms with Gasteiger partial charge in [0.2, 0.25) is 0 Å². The lowest BCUT2D eigenvalue weighted by molar-refractivity contribution is 0.225. The molecular weight excluding hydrogens is 208 g/mol. The molecule has 0 spiro atoms. The fourth-order valence-electron chi connectivity index (χ4n) is 2.34. The van der Waals surface area contributed by atoms with Crippen molar-refractivity contribution in [3.63, 3.8) is 0 Å². The van der Waals surface area contributed by atoms with E-state index in [1.165, 1.54) is 0 Å². The Morgan fingerprint density at radius 3 is 2.62 bits per heavy atom. The van der Waals surface area contributed by atoms with Crippen LogP contribution in [-0.2, 0) is 0 Å². The van der Waals surface area contributed by atoms with Crippen LogP contribution in [0.3, 0.4) is 0 Å². The standard InChI is InChI=1S/C13H17F2N/c1-8-6-10(7-8)16-9(2)11-4-3-5-12(14)13(11)15/h3-5,8-10,16H,6-7H2,1-2H3. The molecule has 1 aliphatic carbocycles. The lowest BCUT2D eigenvalue weighted by atomic mass is 9.81. The highest BCUT2D eigenvalue weighted by Gasteiger charge is 2.27. The monoisotopic (exact) mass is 225 g/mol. The maximum Gasteiger partial charge on any atom is 0.163 e. The van der Waals surface area contributed by atoms with Crippen LogP contribution in [0.25, 0.3) is 0 Å². The van der Waals surface area contributed by atoms with Gasteiger partial charge in [-0.2, -0.15) is 0 Å². The topological polar surface area (TPSA) is 12.0 Å². The molecule has 1 atom stereocenters. The second-order valence-electron chi connectivity index (χ2n) is 4.80. The molecule has 2 rings (SSSR count). The van der Waals surface area contributed by atoms with Crippen molar-refractivity contribution >= 4 is 0 Å². The van der Waals surface area contributed by atoms with Gasteiger partial charge < -0.3 is 5.32 Å². The molecule has 1 saturated carbocycles. The Morgan fingerprint density at radius 1 is 1.31 bits per heavy atom. The van der Waals surface area contributed by atoms with E-state index in [4.69, 9.17) is 0 Å². The number of halogens is 2. The van der Waals surface area contributed by atoms with Gasteiger partial charge >= 0.3 is 0 Å².